The van der Waals surface area contributed by atoms with Crippen LogP contribution in [0, 0.1) is 44.4 Å². The van der Waals surface area contributed by atoms with E-state index in [2.05, 4.69) is 45.1 Å². The smallest absolute Gasteiger partial charge is 0.238 e. The lowest BCUT2D eigenvalue weighted by Crippen LogP contribution is -2.32. The van der Waals surface area contributed by atoms with Crippen molar-refractivity contribution in [3.8, 4) is 0 Å². The van der Waals surface area contributed by atoms with Gasteiger partial charge in [-0.15, -0.1) is 11.3 Å². The normalized spacial score (nSPS) is 26.0. The van der Waals surface area contributed by atoms with Crippen molar-refractivity contribution in [1.29, 1.82) is 0 Å². The molecule has 1 saturated carbocycles. The van der Waals surface area contributed by atoms with Crippen LogP contribution in [0.5, 0.6) is 0 Å². The number of thiazole rings is 1. The molecule has 0 N–H and O–H groups in total. The molecule has 32 heavy (non-hydrogen) atoms. The van der Waals surface area contributed by atoms with Crippen LogP contribution in [0.15, 0.2) is 46.8 Å². The van der Waals surface area contributed by atoms with Crippen LogP contribution in [0.3, 0.4) is 0 Å². The van der Waals surface area contributed by atoms with Gasteiger partial charge in [0, 0.05) is 5.75 Å². The third-order valence-corrected chi connectivity index (χ3v) is 9.45. The van der Waals surface area contributed by atoms with Gasteiger partial charge >= 0.3 is 0 Å². The van der Waals surface area contributed by atoms with Crippen molar-refractivity contribution < 1.29 is 9.59 Å². The van der Waals surface area contributed by atoms with Gasteiger partial charge in [-0.1, -0.05) is 41.6 Å². The lowest BCUT2D eigenvalue weighted by atomic mass is 9.85. The highest BCUT2D eigenvalue weighted by Gasteiger charge is 2.59. The molecule has 3 aromatic rings. The van der Waals surface area contributed by atoms with E-state index in [0.717, 1.165) is 26.7 Å². The number of amides is 2. The summed E-state index contributed by atoms with van der Waals surface area (Å²) in [6, 6.07) is 10.2. The zero-order chi connectivity index (χ0) is 22.1. The largest absolute Gasteiger partial charge is 0.274 e. The minimum Gasteiger partial charge on any atom is -0.274 e. The fourth-order valence-electron chi connectivity index (χ4n) is 5.82. The van der Waals surface area contributed by atoms with E-state index in [1.807, 2.05) is 18.2 Å². The van der Waals surface area contributed by atoms with E-state index in [1.165, 1.54) is 27.2 Å². The summed E-state index contributed by atoms with van der Waals surface area (Å²) in [7, 11) is 0. The Morgan fingerprint density at radius 2 is 1.66 bits per heavy atom. The molecule has 0 radical (unpaired) electrons. The number of hydrogen-bond acceptors (Lipinski definition) is 5. The van der Waals surface area contributed by atoms with Gasteiger partial charge in [0.15, 0.2) is 4.34 Å². The molecule has 2 bridgehead atoms. The lowest BCUT2D eigenvalue weighted by molar-refractivity contribution is -0.123. The first-order chi connectivity index (χ1) is 15.4. The quantitative estimate of drug-likeness (QED) is 0.279. The molecule has 3 aliphatic rings. The highest BCUT2D eigenvalue weighted by atomic mass is 32.2. The molecule has 2 amide bonds. The van der Waals surface area contributed by atoms with Crippen molar-refractivity contribution in [1.82, 2.24) is 4.98 Å². The summed E-state index contributed by atoms with van der Waals surface area (Å²) in [4.78, 5) is 32.5. The molecule has 1 aliphatic heterocycles. The maximum absolute atomic E-state index is 13.1. The minimum absolute atomic E-state index is 0.0272. The lowest BCUT2D eigenvalue weighted by Gasteiger charge is -2.17. The molecule has 0 spiro atoms. The maximum atomic E-state index is 13.1. The third-order valence-electron chi connectivity index (χ3n) is 7.26. The first-order valence-electron chi connectivity index (χ1n) is 11.1. The van der Waals surface area contributed by atoms with Gasteiger partial charge in [0.2, 0.25) is 11.8 Å². The monoisotopic (exact) mass is 460 g/mol. The van der Waals surface area contributed by atoms with Crippen LogP contribution in [-0.2, 0) is 15.3 Å². The van der Waals surface area contributed by atoms with Crippen molar-refractivity contribution in [2.75, 3.05) is 4.90 Å². The molecule has 4 nitrogen and oxygen atoms in total. The number of thioether (sulfide) groups is 1. The highest BCUT2D eigenvalue weighted by molar-refractivity contribution is 8.00. The summed E-state index contributed by atoms with van der Waals surface area (Å²) in [6.07, 6.45) is 5.22. The fourth-order valence-corrected chi connectivity index (χ4v) is 8.12. The predicted molar refractivity (Wildman–Crippen MR) is 130 cm³/mol. The molecule has 1 aromatic heterocycles. The second-order valence-corrected chi connectivity index (χ2v) is 11.6. The van der Waals surface area contributed by atoms with Crippen molar-refractivity contribution in [2.24, 2.45) is 23.7 Å². The first kappa shape index (κ1) is 20.2. The van der Waals surface area contributed by atoms with Crippen LogP contribution in [-0.4, -0.2) is 16.8 Å². The molecular formula is C26H24N2O2S2. The molecule has 2 aliphatic carbocycles. The number of rotatable bonds is 4. The number of nitrogens with zero attached hydrogens (tertiary/aromatic N) is 2. The van der Waals surface area contributed by atoms with Crippen molar-refractivity contribution in [3.05, 3.63) is 64.7 Å². The van der Waals surface area contributed by atoms with Crippen LogP contribution < -0.4 is 4.90 Å². The molecule has 2 heterocycles. The first-order valence-corrected chi connectivity index (χ1v) is 12.9. The summed E-state index contributed by atoms with van der Waals surface area (Å²) in [6.45, 7) is 6.47. The third kappa shape index (κ3) is 3.00. The molecule has 2 fully saturated rings. The van der Waals surface area contributed by atoms with Gasteiger partial charge in [-0.3, -0.25) is 9.59 Å². The average molecular weight is 461 g/mol. The van der Waals surface area contributed by atoms with Crippen LogP contribution >= 0.6 is 23.1 Å². The Balaban J connectivity index is 1.25. The molecule has 2 aromatic carbocycles. The predicted octanol–water partition coefficient (Wildman–Crippen LogP) is 5.83. The number of fused-ring (bicyclic) bond motifs is 6. The Morgan fingerprint density at radius 1 is 1.00 bits per heavy atom. The molecule has 162 valence electrons. The number of carbonyl (C=O) groups is 2. The van der Waals surface area contributed by atoms with Gasteiger partial charge in [-0.2, -0.15) is 0 Å². The van der Waals surface area contributed by atoms with E-state index in [9.17, 15) is 9.59 Å². The zero-order valence-corrected chi connectivity index (χ0v) is 19.9. The van der Waals surface area contributed by atoms with Crippen LogP contribution in [0.1, 0.15) is 28.7 Å². The van der Waals surface area contributed by atoms with Crippen molar-refractivity contribution >= 4 is 50.8 Å². The second kappa shape index (κ2) is 7.29. The molecular weight excluding hydrogens is 436 g/mol. The topological polar surface area (TPSA) is 50.3 Å². The number of anilines is 1. The standard InChI is InChI=1S/C26H24N2O2S2/c1-13-8-14(2)19(15(3)9-13)12-31-26-27-20-7-6-18(11-21(20)32-26)28-24(29)22-16-4-5-17(10-16)23(22)25(28)30/h4-9,11,16-17,22-23H,10,12H2,1-3H3/t16-,17-,22-,23-/m0/s1. The summed E-state index contributed by atoms with van der Waals surface area (Å²) >= 11 is 3.38. The van der Waals surface area contributed by atoms with E-state index in [4.69, 9.17) is 4.98 Å². The summed E-state index contributed by atoms with van der Waals surface area (Å²) in [5, 5.41) is 0. The molecule has 6 heteroatoms. The van der Waals surface area contributed by atoms with Gasteiger partial charge in [-0.25, -0.2) is 9.88 Å². The number of imide groups is 1. The van der Waals surface area contributed by atoms with Gasteiger partial charge < -0.3 is 0 Å². The second-order valence-electron chi connectivity index (χ2n) is 9.31. The van der Waals surface area contributed by atoms with E-state index in [-0.39, 0.29) is 35.5 Å². The number of carbonyl (C=O) groups excluding carboxylic acids is 2. The number of aryl methyl sites for hydroxylation is 3. The van der Waals surface area contributed by atoms with E-state index >= 15 is 0 Å². The van der Waals surface area contributed by atoms with Gasteiger partial charge in [0.1, 0.15) is 0 Å². The van der Waals surface area contributed by atoms with Gasteiger partial charge in [-0.05, 0) is 73.9 Å². The summed E-state index contributed by atoms with van der Waals surface area (Å²) < 4.78 is 2.02. The average Bonchev–Trinajstić information content (AvgIpc) is 3.49. The Labute approximate surface area is 195 Å². The molecule has 6 rings (SSSR count). The van der Waals surface area contributed by atoms with E-state index in [1.54, 1.807) is 23.1 Å². The number of benzene rings is 2. The Bertz CT molecular complexity index is 1270. The highest BCUT2D eigenvalue weighted by Crippen LogP contribution is 2.53. The SMILES string of the molecule is Cc1cc(C)c(CSc2nc3ccc(N4C(=O)[C@@H]5[C@@H](C4=O)[C@H]4C=C[C@H]5C4)cc3s2)c(C)c1. The van der Waals surface area contributed by atoms with Crippen LogP contribution in [0.2, 0.25) is 0 Å². The summed E-state index contributed by atoms with van der Waals surface area (Å²) in [5.41, 5.74) is 6.90. The Morgan fingerprint density at radius 3 is 2.31 bits per heavy atom. The maximum Gasteiger partial charge on any atom is 0.238 e. The van der Waals surface area contributed by atoms with Gasteiger partial charge in [0.05, 0.1) is 27.7 Å². The molecule has 4 atom stereocenters. The van der Waals surface area contributed by atoms with Crippen molar-refractivity contribution in [3.63, 3.8) is 0 Å². The number of allylic oxidation sites excluding steroid dienone is 2. The number of hydrogen-bond donors (Lipinski definition) is 0. The number of aromatic nitrogens is 1. The van der Waals surface area contributed by atoms with Gasteiger partial charge in [0.25, 0.3) is 0 Å². The van der Waals surface area contributed by atoms with E-state index in [0.29, 0.717) is 5.69 Å². The van der Waals surface area contributed by atoms with Crippen molar-refractivity contribution in [2.45, 2.75) is 37.3 Å². The van der Waals surface area contributed by atoms with E-state index < -0.39 is 0 Å². The fraction of sp³-hybridized carbons (Fsp3) is 0.346. The Hall–Kier alpha value is -2.44. The molecule has 1 saturated heterocycles. The van der Waals surface area contributed by atoms with Crippen LogP contribution in [0.25, 0.3) is 10.2 Å². The zero-order valence-electron chi connectivity index (χ0n) is 18.3. The molecule has 0 unspecified atom stereocenters. The Kier molecular flexibility index (Phi) is 4.60. The summed E-state index contributed by atoms with van der Waals surface area (Å²) in [5.74, 6) is 0.961. The van der Waals surface area contributed by atoms with Crippen LogP contribution in [0.4, 0.5) is 5.69 Å². The minimum atomic E-state index is -0.165.